The van der Waals surface area contributed by atoms with E-state index in [4.69, 9.17) is 5.73 Å². The van der Waals surface area contributed by atoms with Crippen molar-refractivity contribution in [2.24, 2.45) is 5.73 Å². The first-order chi connectivity index (χ1) is 15.5. The number of likely N-dealkylation sites (tertiary alicyclic amines) is 1. The van der Waals surface area contributed by atoms with E-state index >= 15 is 0 Å². The highest BCUT2D eigenvalue weighted by Gasteiger charge is 2.27. The zero-order valence-corrected chi connectivity index (χ0v) is 18.4. The number of likely N-dealkylation sites (N-methyl/N-ethyl adjacent to an activating group) is 1. The van der Waals surface area contributed by atoms with Gasteiger partial charge in [0.15, 0.2) is 0 Å². The van der Waals surface area contributed by atoms with Gasteiger partial charge in [0, 0.05) is 38.2 Å². The standard InChI is InChI=1S/C27H29N3O2/c1-29(26(31)17-28)18-20-6-5-9-24(16-20)22-10-12-23(13-11-22)27(32)30-15-14-25(19-30)21-7-3-2-4-8-21/h2-13,16,25H,14-15,17-19,28H2,1H3. The van der Waals surface area contributed by atoms with Crippen molar-refractivity contribution in [2.75, 3.05) is 26.7 Å². The number of carbonyl (C=O) groups is 2. The van der Waals surface area contributed by atoms with Gasteiger partial charge < -0.3 is 15.5 Å². The van der Waals surface area contributed by atoms with Crippen molar-refractivity contribution < 1.29 is 9.59 Å². The van der Waals surface area contributed by atoms with E-state index in [1.807, 2.05) is 53.4 Å². The number of carbonyl (C=O) groups excluding carboxylic acids is 2. The Morgan fingerprint density at radius 1 is 0.969 bits per heavy atom. The Balaban J connectivity index is 1.43. The maximum atomic E-state index is 13.0. The summed E-state index contributed by atoms with van der Waals surface area (Å²) in [5, 5.41) is 0. The van der Waals surface area contributed by atoms with Crippen LogP contribution in [0.1, 0.15) is 33.8 Å². The molecule has 1 unspecified atom stereocenters. The summed E-state index contributed by atoms with van der Waals surface area (Å²) in [5.74, 6) is 0.409. The lowest BCUT2D eigenvalue weighted by Gasteiger charge is -2.18. The predicted molar refractivity (Wildman–Crippen MR) is 127 cm³/mol. The molecular formula is C27H29N3O2. The lowest BCUT2D eigenvalue weighted by Crippen LogP contribution is -2.32. The van der Waals surface area contributed by atoms with E-state index in [-0.39, 0.29) is 18.4 Å². The number of nitrogens with two attached hydrogens (primary N) is 1. The van der Waals surface area contributed by atoms with Crippen LogP contribution in [0.25, 0.3) is 11.1 Å². The molecular weight excluding hydrogens is 398 g/mol. The van der Waals surface area contributed by atoms with Gasteiger partial charge in [-0.05, 0) is 46.9 Å². The zero-order chi connectivity index (χ0) is 22.5. The van der Waals surface area contributed by atoms with Crippen molar-refractivity contribution in [1.29, 1.82) is 0 Å². The molecule has 0 aliphatic carbocycles. The fraction of sp³-hybridized carbons (Fsp3) is 0.259. The summed E-state index contributed by atoms with van der Waals surface area (Å²) in [5.41, 5.74) is 10.6. The lowest BCUT2D eigenvalue weighted by atomic mass is 9.99. The van der Waals surface area contributed by atoms with Gasteiger partial charge in [-0.1, -0.05) is 60.7 Å². The zero-order valence-electron chi connectivity index (χ0n) is 18.4. The summed E-state index contributed by atoms with van der Waals surface area (Å²) in [6, 6.07) is 26.3. The molecule has 2 amide bonds. The fourth-order valence-corrected chi connectivity index (χ4v) is 4.30. The average molecular weight is 428 g/mol. The van der Waals surface area contributed by atoms with Gasteiger partial charge >= 0.3 is 0 Å². The van der Waals surface area contributed by atoms with Gasteiger partial charge in [0.1, 0.15) is 0 Å². The molecule has 1 saturated heterocycles. The van der Waals surface area contributed by atoms with Crippen LogP contribution in [0.5, 0.6) is 0 Å². The number of hydrogen-bond acceptors (Lipinski definition) is 3. The quantitative estimate of drug-likeness (QED) is 0.649. The third kappa shape index (κ3) is 4.89. The van der Waals surface area contributed by atoms with Gasteiger partial charge in [0.2, 0.25) is 5.91 Å². The molecule has 5 nitrogen and oxygen atoms in total. The molecule has 3 aromatic rings. The van der Waals surface area contributed by atoms with E-state index < -0.39 is 0 Å². The Morgan fingerprint density at radius 2 is 1.72 bits per heavy atom. The van der Waals surface area contributed by atoms with Gasteiger partial charge in [0.05, 0.1) is 6.54 Å². The number of benzene rings is 3. The van der Waals surface area contributed by atoms with Crippen LogP contribution in [0, 0.1) is 0 Å². The molecule has 164 valence electrons. The van der Waals surface area contributed by atoms with Crippen molar-refractivity contribution >= 4 is 11.8 Å². The van der Waals surface area contributed by atoms with E-state index in [1.54, 1.807) is 11.9 Å². The van der Waals surface area contributed by atoms with E-state index in [9.17, 15) is 9.59 Å². The second-order valence-corrected chi connectivity index (χ2v) is 8.38. The van der Waals surface area contributed by atoms with Gasteiger partial charge in [-0.15, -0.1) is 0 Å². The molecule has 1 atom stereocenters. The van der Waals surface area contributed by atoms with Crippen molar-refractivity contribution in [1.82, 2.24) is 9.80 Å². The van der Waals surface area contributed by atoms with E-state index in [1.165, 1.54) is 5.56 Å². The molecule has 4 rings (SSSR count). The largest absolute Gasteiger partial charge is 0.340 e. The summed E-state index contributed by atoms with van der Waals surface area (Å²) >= 11 is 0. The van der Waals surface area contributed by atoms with Crippen LogP contribution < -0.4 is 5.73 Å². The van der Waals surface area contributed by atoms with Crippen molar-refractivity contribution in [3.63, 3.8) is 0 Å². The molecule has 2 N–H and O–H groups in total. The van der Waals surface area contributed by atoms with Crippen LogP contribution in [-0.2, 0) is 11.3 Å². The molecule has 1 aliphatic heterocycles. The summed E-state index contributed by atoms with van der Waals surface area (Å²) in [6.45, 7) is 2.08. The highest BCUT2D eigenvalue weighted by molar-refractivity contribution is 5.95. The van der Waals surface area contributed by atoms with Crippen molar-refractivity contribution in [3.8, 4) is 11.1 Å². The van der Waals surface area contributed by atoms with Crippen LogP contribution in [0.4, 0.5) is 0 Å². The monoisotopic (exact) mass is 427 g/mol. The van der Waals surface area contributed by atoms with Crippen LogP contribution in [0.2, 0.25) is 0 Å². The third-order valence-electron chi connectivity index (χ3n) is 6.16. The molecule has 1 aliphatic rings. The molecule has 0 spiro atoms. The Bertz CT molecular complexity index is 1080. The first kappa shape index (κ1) is 21.8. The minimum absolute atomic E-state index is 0.00872. The molecule has 0 saturated carbocycles. The fourth-order valence-electron chi connectivity index (χ4n) is 4.30. The van der Waals surface area contributed by atoms with Crippen LogP contribution in [0.15, 0.2) is 78.9 Å². The minimum Gasteiger partial charge on any atom is -0.340 e. The molecule has 32 heavy (non-hydrogen) atoms. The molecule has 5 heteroatoms. The van der Waals surface area contributed by atoms with Crippen LogP contribution in [-0.4, -0.2) is 48.3 Å². The van der Waals surface area contributed by atoms with Crippen LogP contribution in [0.3, 0.4) is 0 Å². The second-order valence-electron chi connectivity index (χ2n) is 8.38. The Kier molecular flexibility index (Phi) is 6.66. The number of rotatable bonds is 6. The van der Waals surface area contributed by atoms with Gasteiger partial charge in [-0.2, -0.15) is 0 Å². The Morgan fingerprint density at radius 3 is 2.44 bits per heavy atom. The third-order valence-corrected chi connectivity index (χ3v) is 6.16. The Hall–Kier alpha value is -3.44. The smallest absolute Gasteiger partial charge is 0.253 e. The topological polar surface area (TPSA) is 66.6 Å². The maximum Gasteiger partial charge on any atom is 0.253 e. The summed E-state index contributed by atoms with van der Waals surface area (Å²) < 4.78 is 0. The first-order valence-electron chi connectivity index (χ1n) is 11.0. The average Bonchev–Trinajstić information content (AvgIpc) is 3.34. The highest BCUT2D eigenvalue weighted by Crippen LogP contribution is 2.28. The molecule has 1 heterocycles. The molecule has 0 aromatic heterocycles. The maximum absolute atomic E-state index is 13.0. The van der Waals surface area contributed by atoms with Crippen molar-refractivity contribution in [2.45, 2.75) is 18.9 Å². The molecule has 0 bridgehead atoms. The highest BCUT2D eigenvalue weighted by atomic mass is 16.2. The number of nitrogens with zero attached hydrogens (tertiary/aromatic N) is 2. The molecule has 3 aromatic carbocycles. The lowest BCUT2D eigenvalue weighted by molar-refractivity contribution is -0.128. The summed E-state index contributed by atoms with van der Waals surface area (Å²) in [6.07, 6.45) is 1.00. The predicted octanol–water partition coefficient (Wildman–Crippen LogP) is 3.90. The molecule has 1 fully saturated rings. The van der Waals surface area contributed by atoms with Crippen LogP contribution >= 0.6 is 0 Å². The van der Waals surface area contributed by atoms with Gasteiger partial charge in [-0.3, -0.25) is 9.59 Å². The number of amides is 2. The summed E-state index contributed by atoms with van der Waals surface area (Å²) in [4.78, 5) is 28.3. The summed E-state index contributed by atoms with van der Waals surface area (Å²) in [7, 11) is 1.75. The van der Waals surface area contributed by atoms with Gasteiger partial charge in [-0.25, -0.2) is 0 Å². The molecule has 0 radical (unpaired) electrons. The Labute approximate surface area is 189 Å². The van der Waals surface area contributed by atoms with E-state index in [0.29, 0.717) is 18.0 Å². The van der Waals surface area contributed by atoms with Crippen molar-refractivity contribution in [3.05, 3.63) is 95.6 Å². The number of hydrogen-bond donors (Lipinski definition) is 1. The SMILES string of the molecule is CN(Cc1cccc(-c2ccc(C(=O)N3CCC(c4ccccc4)C3)cc2)c1)C(=O)CN. The minimum atomic E-state index is -0.0883. The first-order valence-corrected chi connectivity index (χ1v) is 11.0. The normalized spacial score (nSPS) is 15.6. The van der Waals surface area contributed by atoms with E-state index in [0.717, 1.165) is 36.2 Å². The van der Waals surface area contributed by atoms with Gasteiger partial charge in [0.25, 0.3) is 5.91 Å². The van der Waals surface area contributed by atoms with E-state index in [2.05, 4.69) is 30.3 Å². The second kappa shape index (κ2) is 9.79.